The van der Waals surface area contributed by atoms with E-state index in [4.69, 9.17) is 10.5 Å². The predicted octanol–water partition coefficient (Wildman–Crippen LogP) is 0.495. The van der Waals surface area contributed by atoms with Crippen LogP contribution < -0.4 is 16.4 Å². The van der Waals surface area contributed by atoms with Crippen molar-refractivity contribution in [1.29, 1.82) is 0 Å². The molecule has 0 aromatic rings. The van der Waals surface area contributed by atoms with Gasteiger partial charge in [0.05, 0.1) is 12.7 Å². The maximum absolute atomic E-state index is 9.46. The van der Waals surface area contributed by atoms with E-state index < -0.39 is 0 Å². The molecular formula is C14H26N4O2. The number of aliphatic hydroxyl groups is 1. The third kappa shape index (κ3) is 3.07. The Morgan fingerprint density at radius 3 is 2.95 bits per heavy atom. The molecule has 2 aliphatic rings. The first-order chi connectivity index (χ1) is 9.58. The molecule has 6 nitrogen and oxygen atoms in total. The molecule has 114 valence electrons. The second kappa shape index (κ2) is 6.45. The lowest BCUT2D eigenvalue weighted by Gasteiger charge is -2.44. The van der Waals surface area contributed by atoms with Crippen LogP contribution in [0.25, 0.3) is 0 Å². The number of hydrogen-bond acceptors (Lipinski definition) is 4. The highest BCUT2D eigenvalue weighted by molar-refractivity contribution is 5.79. The zero-order valence-electron chi connectivity index (χ0n) is 12.5. The smallest absolute Gasteiger partial charge is 0.193 e. The molecule has 2 heterocycles. The molecule has 1 fully saturated rings. The van der Waals surface area contributed by atoms with Gasteiger partial charge in [0.25, 0.3) is 0 Å². The van der Waals surface area contributed by atoms with E-state index in [1.165, 1.54) is 5.57 Å². The van der Waals surface area contributed by atoms with Gasteiger partial charge in [0.2, 0.25) is 0 Å². The molecule has 0 amide bonds. The first kappa shape index (κ1) is 15.1. The SMILES string of the molecule is CCC1CC2CC(C)=C(NC(N)=NC)NC2OC1CO. The number of nitrogens with two attached hydrogens (primary N) is 1. The summed E-state index contributed by atoms with van der Waals surface area (Å²) in [5.41, 5.74) is 6.95. The van der Waals surface area contributed by atoms with Crippen molar-refractivity contribution < 1.29 is 9.84 Å². The first-order valence-electron chi connectivity index (χ1n) is 7.30. The second-order valence-corrected chi connectivity index (χ2v) is 5.68. The van der Waals surface area contributed by atoms with Gasteiger partial charge in [0.1, 0.15) is 12.0 Å². The van der Waals surface area contributed by atoms with Crippen LogP contribution in [0.15, 0.2) is 16.4 Å². The van der Waals surface area contributed by atoms with Crippen LogP contribution in [0.3, 0.4) is 0 Å². The highest BCUT2D eigenvalue weighted by Crippen LogP contribution is 2.37. The lowest BCUT2D eigenvalue weighted by molar-refractivity contribution is -0.144. The summed E-state index contributed by atoms with van der Waals surface area (Å²) < 4.78 is 6.02. The van der Waals surface area contributed by atoms with Crippen molar-refractivity contribution in [2.24, 2.45) is 22.6 Å². The number of hydrogen-bond donors (Lipinski definition) is 4. The third-order valence-electron chi connectivity index (χ3n) is 4.36. The van der Waals surface area contributed by atoms with Crippen LogP contribution in [0, 0.1) is 11.8 Å². The van der Waals surface area contributed by atoms with Gasteiger partial charge in [-0.05, 0) is 31.3 Å². The molecule has 5 N–H and O–H groups in total. The normalized spacial score (nSPS) is 34.5. The molecular weight excluding hydrogens is 256 g/mol. The van der Waals surface area contributed by atoms with Crippen LogP contribution >= 0.6 is 0 Å². The van der Waals surface area contributed by atoms with E-state index in [9.17, 15) is 5.11 Å². The van der Waals surface area contributed by atoms with E-state index in [2.05, 4.69) is 29.5 Å². The van der Waals surface area contributed by atoms with Crippen LogP contribution in [0.2, 0.25) is 0 Å². The Labute approximate surface area is 120 Å². The zero-order chi connectivity index (χ0) is 14.7. The molecule has 0 aromatic heterocycles. The third-order valence-corrected chi connectivity index (χ3v) is 4.36. The Bertz CT molecular complexity index is 408. The summed E-state index contributed by atoms with van der Waals surface area (Å²) in [6.45, 7) is 4.32. The summed E-state index contributed by atoms with van der Waals surface area (Å²) in [6.07, 6.45) is 2.96. The van der Waals surface area contributed by atoms with Gasteiger partial charge in [-0.25, -0.2) is 0 Å². The summed E-state index contributed by atoms with van der Waals surface area (Å²) in [6, 6.07) is 0. The van der Waals surface area contributed by atoms with Crippen LogP contribution in [0.1, 0.15) is 33.1 Å². The molecule has 4 unspecified atom stereocenters. The average Bonchev–Trinajstić information content (AvgIpc) is 2.46. The highest BCUT2D eigenvalue weighted by atomic mass is 16.5. The Hall–Kier alpha value is -1.27. The van der Waals surface area contributed by atoms with Crippen molar-refractivity contribution in [3.63, 3.8) is 0 Å². The molecule has 2 rings (SSSR count). The van der Waals surface area contributed by atoms with Crippen molar-refractivity contribution >= 4 is 5.96 Å². The standard InChI is InChI=1S/C14H26N4O2/c1-4-9-6-10-5-8(2)12(18-14(15)16-3)17-13(10)20-11(9)7-19/h9-11,13,17,19H,4-7H2,1-3H3,(H3,15,16,18). The van der Waals surface area contributed by atoms with E-state index in [0.717, 1.165) is 25.1 Å². The average molecular weight is 282 g/mol. The summed E-state index contributed by atoms with van der Waals surface area (Å²) in [5.74, 6) is 2.15. The van der Waals surface area contributed by atoms with Gasteiger partial charge in [-0.3, -0.25) is 4.99 Å². The van der Waals surface area contributed by atoms with Crippen LogP contribution in [-0.2, 0) is 4.74 Å². The Morgan fingerprint density at radius 2 is 2.35 bits per heavy atom. The van der Waals surface area contributed by atoms with Gasteiger partial charge in [0, 0.05) is 13.0 Å². The number of aliphatic imine (C=N–C) groups is 1. The number of rotatable bonds is 3. The molecule has 1 saturated heterocycles. The molecule has 4 atom stereocenters. The fraction of sp³-hybridized carbons (Fsp3) is 0.786. The summed E-state index contributed by atoms with van der Waals surface area (Å²) in [5, 5.41) is 15.9. The maximum Gasteiger partial charge on any atom is 0.193 e. The number of fused-ring (bicyclic) bond motifs is 1. The molecule has 0 radical (unpaired) electrons. The van der Waals surface area contributed by atoms with E-state index in [1.807, 2.05) is 0 Å². The van der Waals surface area contributed by atoms with Crippen LogP contribution in [0.5, 0.6) is 0 Å². The lowest BCUT2D eigenvalue weighted by atomic mass is 9.80. The van der Waals surface area contributed by atoms with Gasteiger partial charge >= 0.3 is 0 Å². The quantitative estimate of drug-likeness (QED) is 0.447. The number of nitrogens with one attached hydrogen (secondary N) is 2. The van der Waals surface area contributed by atoms with Crippen LogP contribution in [-0.4, -0.2) is 37.1 Å². The van der Waals surface area contributed by atoms with Crippen molar-refractivity contribution in [3.8, 4) is 0 Å². The summed E-state index contributed by atoms with van der Waals surface area (Å²) >= 11 is 0. The fourth-order valence-corrected chi connectivity index (χ4v) is 3.13. The fourth-order valence-electron chi connectivity index (χ4n) is 3.13. The predicted molar refractivity (Wildman–Crippen MR) is 78.8 cm³/mol. The van der Waals surface area contributed by atoms with Crippen molar-refractivity contribution in [2.45, 2.75) is 45.4 Å². The molecule has 2 aliphatic heterocycles. The van der Waals surface area contributed by atoms with E-state index in [0.29, 0.717) is 17.8 Å². The molecule has 0 saturated carbocycles. The molecule has 0 spiro atoms. The molecule has 20 heavy (non-hydrogen) atoms. The van der Waals surface area contributed by atoms with E-state index in [-0.39, 0.29) is 18.9 Å². The zero-order valence-corrected chi connectivity index (χ0v) is 12.5. The van der Waals surface area contributed by atoms with Gasteiger partial charge < -0.3 is 26.2 Å². The monoisotopic (exact) mass is 282 g/mol. The number of allylic oxidation sites excluding steroid dienone is 1. The van der Waals surface area contributed by atoms with Crippen molar-refractivity contribution in [1.82, 2.24) is 10.6 Å². The summed E-state index contributed by atoms with van der Waals surface area (Å²) in [4.78, 5) is 3.91. The molecule has 0 aliphatic carbocycles. The number of aliphatic hydroxyl groups excluding tert-OH is 1. The summed E-state index contributed by atoms with van der Waals surface area (Å²) in [7, 11) is 1.65. The topological polar surface area (TPSA) is 91.9 Å². The largest absolute Gasteiger partial charge is 0.394 e. The maximum atomic E-state index is 9.46. The van der Waals surface area contributed by atoms with Gasteiger partial charge in [-0.1, -0.05) is 13.3 Å². The Kier molecular flexibility index (Phi) is 4.88. The Balaban J connectivity index is 2.09. The number of guanidine groups is 1. The molecule has 0 bridgehead atoms. The Morgan fingerprint density at radius 1 is 1.60 bits per heavy atom. The van der Waals surface area contributed by atoms with E-state index >= 15 is 0 Å². The van der Waals surface area contributed by atoms with E-state index in [1.54, 1.807) is 7.05 Å². The minimum atomic E-state index is -0.0782. The van der Waals surface area contributed by atoms with Gasteiger partial charge in [-0.15, -0.1) is 0 Å². The molecule has 0 aromatic carbocycles. The minimum absolute atomic E-state index is 0.0641. The van der Waals surface area contributed by atoms with Gasteiger partial charge in [0.15, 0.2) is 5.96 Å². The van der Waals surface area contributed by atoms with Crippen molar-refractivity contribution in [2.75, 3.05) is 13.7 Å². The van der Waals surface area contributed by atoms with Crippen molar-refractivity contribution in [3.05, 3.63) is 11.4 Å². The lowest BCUT2D eigenvalue weighted by Crippen LogP contribution is -2.54. The second-order valence-electron chi connectivity index (χ2n) is 5.68. The van der Waals surface area contributed by atoms with Crippen LogP contribution in [0.4, 0.5) is 0 Å². The highest BCUT2D eigenvalue weighted by Gasteiger charge is 2.39. The van der Waals surface area contributed by atoms with Gasteiger partial charge in [-0.2, -0.15) is 0 Å². The first-order valence-corrected chi connectivity index (χ1v) is 7.30. The molecule has 6 heteroatoms. The number of ether oxygens (including phenoxy) is 1. The minimum Gasteiger partial charge on any atom is -0.394 e. The number of nitrogens with zero attached hydrogens (tertiary/aromatic N) is 1.